The Bertz CT molecular complexity index is 340. The van der Waals surface area contributed by atoms with Crippen molar-refractivity contribution in [1.29, 1.82) is 0 Å². The second-order valence-electron chi connectivity index (χ2n) is 6.80. The van der Waals surface area contributed by atoms with Gasteiger partial charge in [0, 0.05) is 26.6 Å². The second kappa shape index (κ2) is 10.3. The van der Waals surface area contributed by atoms with Gasteiger partial charge in [0.25, 0.3) is 0 Å². The molecule has 0 aromatic heterocycles. The highest BCUT2D eigenvalue weighted by Crippen LogP contribution is 2.36. The van der Waals surface area contributed by atoms with Crippen molar-refractivity contribution in [1.82, 2.24) is 0 Å². The van der Waals surface area contributed by atoms with Gasteiger partial charge in [-0.1, -0.05) is 40.7 Å². The Morgan fingerprint density at radius 2 is 1.78 bits per heavy atom. The topological polar surface area (TPSA) is 47.9 Å². The van der Waals surface area contributed by atoms with E-state index in [1.54, 1.807) is 14.2 Å². The van der Waals surface area contributed by atoms with Crippen LogP contribution in [0.5, 0.6) is 0 Å². The monoisotopic (exact) mass is 330 g/mol. The van der Waals surface area contributed by atoms with Crippen LogP contribution >= 0.6 is 0 Å². The van der Waals surface area contributed by atoms with Gasteiger partial charge in [0.1, 0.15) is 5.60 Å². The Hall–Kier alpha value is -0.580. The highest BCUT2D eigenvalue weighted by atomic mass is 16.5. The van der Waals surface area contributed by atoms with E-state index >= 15 is 0 Å². The third-order valence-corrected chi connectivity index (χ3v) is 5.11. The van der Waals surface area contributed by atoms with E-state index in [-0.39, 0.29) is 17.6 Å². The number of aliphatic hydroxyl groups is 1. The van der Waals surface area contributed by atoms with Crippen molar-refractivity contribution in [3.63, 3.8) is 0 Å². The quantitative estimate of drug-likeness (QED) is 0.511. The molecule has 23 heavy (non-hydrogen) atoms. The smallest absolute Gasteiger partial charge is 0.111 e. The molecule has 4 unspecified atom stereocenters. The minimum Gasteiger partial charge on any atom is -0.492 e. The zero-order valence-electron chi connectivity index (χ0n) is 16.3. The lowest BCUT2D eigenvalue weighted by Gasteiger charge is -2.40. The Morgan fingerprint density at radius 3 is 2.17 bits per heavy atom. The van der Waals surface area contributed by atoms with Crippen molar-refractivity contribution in [2.24, 2.45) is 5.92 Å². The Labute approximate surface area is 143 Å². The van der Waals surface area contributed by atoms with Crippen molar-refractivity contribution in [2.75, 3.05) is 20.8 Å². The van der Waals surface area contributed by atoms with Gasteiger partial charge < -0.3 is 19.3 Å². The van der Waals surface area contributed by atoms with E-state index in [1.165, 1.54) is 0 Å². The first-order valence-electron chi connectivity index (χ1n) is 8.83. The predicted octanol–water partition coefficient (Wildman–Crippen LogP) is 4.31. The summed E-state index contributed by atoms with van der Waals surface area (Å²) in [5.41, 5.74) is -1.14. The van der Waals surface area contributed by atoms with Crippen molar-refractivity contribution < 1.29 is 19.3 Å². The maximum atomic E-state index is 10.5. The van der Waals surface area contributed by atoms with Crippen LogP contribution in [0.3, 0.4) is 0 Å². The first-order valence-corrected chi connectivity index (χ1v) is 8.83. The summed E-state index contributed by atoms with van der Waals surface area (Å²) >= 11 is 0. The summed E-state index contributed by atoms with van der Waals surface area (Å²) in [6, 6.07) is 0. The van der Waals surface area contributed by atoms with Crippen molar-refractivity contribution in [2.45, 2.75) is 84.0 Å². The zero-order valence-corrected chi connectivity index (χ0v) is 16.3. The number of rotatable bonds is 13. The van der Waals surface area contributed by atoms with Gasteiger partial charge in [0.2, 0.25) is 0 Å². The van der Waals surface area contributed by atoms with Crippen LogP contribution in [0.2, 0.25) is 0 Å². The summed E-state index contributed by atoms with van der Waals surface area (Å²) in [5, 5.41) is 10.5. The molecule has 4 heteroatoms. The molecule has 1 N–H and O–H groups in total. The Morgan fingerprint density at radius 1 is 1.17 bits per heavy atom. The average molecular weight is 331 g/mol. The molecule has 0 spiro atoms. The minimum absolute atomic E-state index is 0.0127. The molecular weight excluding hydrogens is 292 g/mol. The molecule has 0 aliphatic rings. The van der Waals surface area contributed by atoms with Gasteiger partial charge in [-0.25, -0.2) is 0 Å². The average Bonchev–Trinajstić information content (AvgIpc) is 2.53. The molecule has 4 nitrogen and oxygen atoms in total. The molecule has 0 bridgehead atoms. The van der Waals surface area contributed by atoms with Gasteiger partial charge in [-0.2, -0.15) is 0 Å². The van der Waals surface area contributed by atoms with Gasteiger partial charge in [-0.3, -0.25) is 0 Å². The molecule has 0 radical (unpaired) electrons. The van der Waals surface area contributed by atoms with Gasteiger partial charge in [-0.05, 0) is 26.2 Å². The SMILES string of the molecule is C=C(OC(CC)(CCC)CC(COC)OC)C(C)C(C)(O)CC. The summed E-state index contributed by atoms with van der Waals surface area (Å²) in [7, 11) is 3.38. The fraction of sp³-hybridized carbons (Fsp3) is 0.895. The maximum Gasteiger partial charge on any atom is 0.111 e. The highest BCUT2D eigenvalue weighted by molar-refractivity contribution is 5.01. The molecular formula is C19H38O4. The van der Waals surface area contributed by atoms with Gasteiger partial charge >= 0.3 is 0 Å². The summed E-state index contributed by atoms with van der Waals surface area (Å²) in [6.07, 6.45) is 4.21. The van der Waals surface area contributed by atoms with Gasteiger partial charge in [0.05, 0.1) is 24.1 Å². The largest absolute Gasteiger partial charge is 0.492 e. The molecule has 0 heterocycles. The molecule has 0 aromatic rings. The van der Waals surface area contributed by atoms with E-state index in [0.29, 0.717) is 18.8 Å². The number of ether oxygens (including phenoxy) is 3. The van der Waals surface area contributed by atoms with Crippen molar-refractivity contribution in [3.8, 4) is 0 Å². The fourth-order valence-electron chi connectivity index (χ4n) is 2.87. The van der Waals surface area contributed by atoms with Crippen molar-refractivity contribution >= 4 is 0 Å². The lowest BCUT2D eigenvalue weighted by Crippen LogP contribution is -2.41. The molecule has 0 aliphatic heterocycles. The van der Waals surface area contributed by atoms with E-state index in [0.717, 1.165) is 25.7 Å². The lowest BCUT2D eigenvalue weighted by atomic mass is 9.85. The number of hydrogen-bond donors (Lipinski definition) is 1. The predicted molar refractivity (Wildman–Crippen MR) is 95.5 cm³/mol. The first kappa shape index (κ1) is 22.4. The fourth-order valence-corrected chi connectivity index (χ4v) is 2.87. The van der Waals surface area contributed by atoms with Crippen LogP contribution in [0.4, 0.5) is 0 Å². The van der Waals surface area contributed by atoms with Crippen LogP contribution in [0.25, 0.3) is 0 Å². The number of hydrogen-bond acceptors (Lipinski definition) is 4. The van der Waals surface area contributed by atoms with Gasteiger partial charge in [0.15, 0.2) is 0 Å². The molecule has 0 saturated heterocycles. The number of methoxy groups -OCH3 is 2. The zero-order chi connectivity index (χ0) is 18.1. The summed E-state index contributed by atoms with van der Waals surface area (Å²) < 4.78 is 17.2. The third-order valence-electron chi connectivity index (χ3n) is 5.11. The summed E-state index contributed by atoms with van der Waals surface area (Å²) in [4.78, 5) is 0. The van der Waals surface area contributed by atoms with Crippen molar-refractivity contribution in [3.05, 3.63) is 12.3 Å². The molecule has 0 aliphatic carbocycles. The normalized spacial score (nSPS) is 19.5. The summed E-state index contributed by atoms with van der Waals surface area (Å²) in [6.45, 7) is 14.7. The van der Waals surface area contributed by atoms with E-state index < -0.39 is 5.60 Å². The van der Waals surface area contributed by atoms with E-state index in [4.69, 9.17) is 14.2 Å². The molecule has 138 valence electrons. The van der Waals surface area contributed by atoms with Crippen LogP contribution in [0, 0.1) is 5.92 Å². The summed E-state index contributed by atoms with van der Waals surface area (Å²) in [5.74, 6) is 0.526. The molecule has 0 amide bonds. The second-order valence-corrected chi connectivity index (χ2v) is 6.80. The Kier molecular flexibility index (Phi) is 10.1. The third kappa shape index (κ3) is 6.82. The molecule has 0 aromatic carbocycles. The van der Waals surface area contributed by atoms with E-state index in [2.05, 4.69) is 20.4 Å². The Balaban J connectivity index is 5.19. The lowest BCUT2D eigenvalue weighted by molar-refractivity contribution is -0.0927. The van der Waals surface area contributed by atoms with E-state index in [1.807, 2.05) is 20.8 Å². The standard InChI is InChI=1S/C19H38O4/c1-9-12-19(11-3,13-17(22-8)14-21-7)23-16(5)15(4)18(6,20)10-2/h15,17,20H,5,9-14H2,1-4,6-8H3. The molecule has 0 saturated carbocycles. The van der Waals surface area contributed by atoms with Gasteiger partial charge in [-0.15, -0.1) is 0 Å². The highest BCUT2D eigenvalue weighted by Gasteiger charge is 2.37. The maximum absolute atomic E-state index is 10.5. The molecule has 4 atom stereocenters. The van der Waals surface area contributed by atoms with Crippen LogP contribution < -0.4 is 0 Å². The van der Waals surface area contributed by atoms with E-state index in [9.17, 15) is 5.11 Å². The van der Waals surface area contributed by atoms with Crippen LogP contribution in [-0.4, -0.2) is 43.2 Å². The van der Waals surface area contributed by atoms with Crippen LogP contribution in [0.1, 0.15) is 66.7 Å². The molecule has 0 rings (SSSR count). The minimum atomic E-state index is -0.810. The molecule has 0 fully saturated rings. The first-order chi connectivity index (χ1) is 10.7. The van der Waals surface area contributed by atoms with Crippen LogP contribution in [0.15, 0.2) is 12.3 Å². The van der Waals surface area contributed by atoms with Crippen LogP contribution in [-0.2, 0) is 14.2 Å².